The number of hydrogen-bond donors (Lipinski definition) is 0. The first-order valence-corrected chi connectivity index (χ1v) is 17.6. The zero-order valence-electron chi connectivity index (χ0n) is 35.8. The first kappa shape index (κ1) is 49.6. The topological polar surface area (TPSA) is 248 Å². The number of nitrogens with zero attached hydrogens (tertiary/aromatic N) is 18. The molecule has 6 heterocycles. The summed E-state index contributed by atoms with van der Waals surface area (Å²) in [6.45, 7) is 7.22. The SMILES string of the molecule is Cc1nn(C)c(=O)n(C)c1=O.Cc1nn(C)c(=O)n1C.Cc1nn(C)c(=S)n1C.Cc1nn(C)c(=S)n1C.Cn1c(=O)n(C)n(C)c1=O.Cn1ncc(=O)n(C)c1=O. The van der Waals surface area contributed by atoms with E-state index in [1.54, 1.807) is 51.4 Å². The second-order valence-electron chi connectivity index (χ2n) is 12.5. The largest absolute Gasteiger partial charge is 0.346 e. The predicted molar refractivity (Wildman–Crippen MR) is 219 cm³/mol. The highest BCUT2D eigenvalue weighted by atomic mass is 32.1. The van der Waals surface area contributed by atoms with Crippen molar-refractivity contribution in [3.63, 3.8) is 0 Å². The summed E-state index contributed by atoms with van der Waals surface area (Å²) in [4.78, 5) is 76.2. The molecular weight excluding hydrogens is 801 g/mol. The maximum Gasteiger partial charge on any atom is 0.346 e. The van der Waals surface area contributed by atoms with Gasteiger partial charge in [-0.05, 0) is 52.1 Å². The van der Waals surface area contributed by atoms with Gasteiger partial charge in [0, 0.05) is 91.6 Å². The number of rotatable bonds is 0. The van der Waals surface area contributed by atoms with Crippen LogP contribution in [-0.2, 0) is 91.6 Å². The van der Waals surface area contributed by atoms with Gasteiger partial charge in [-0.3, -0.25) is 23.3 Å². The van der Waals surface area contributed by atoms with Crippen molar-refractivity contribution in [3.05, 3.63) is 112 Å². The minimum atomic E-state index is -0.410. The van der Waals surface area contributed by atoms with E-state index >= 15 is 0 Å². The minimum absolute atomic E-state index is 0.0764. The standard InChI is InChI=1S/C6H9N3O2.C5H9N3O2.C5H7N3O2.C5H9N3O.2C5H9N3S/c1-4-5(10)8(2)6(11)9(3)7-4;1-6-4(9)7(2)8(3)5(6)10;1-7-4(9)3-6-8(2)5(7)10;3*1-4-6-8(3)5(9)7(4)2/h1-3H3;1-3H3;3H,1-2H3;3*1-3H3. The molecule has 0 unspecified atom stereocenters. The van der Waals surface area contributed by atoms with Gasteiger partial charge in [-0.2, -0.15) is 25.5 Å². The maximum atomic E-state index is 11.0. The molecule has 6 rings (SSSR count). The molecule has 27 heteroatoms. The van der Waals surface area contributed by atoms with Crippen LogP contribution in [0.15, 0.2) is 39.8 Å². The summed E-state index contributed by atoms with van der Waals surface area (Å²) in [5.41, 5.74) is -1.88. The minimum Gasteiger partial charge on any atom is -0.307 e. The fourth-order valence-corrected chi connectivity index (χ4v) is 4.61. The van der Waals surface area contributed by atoms with Gasteiger partial charge >= 0.3 is 28.4 Å². The third-order valence-corrected chi connectivity index (χ3v) is 9.40. The van der Waals surface area contributed by atoms with Crippen molar-refractivity contribution in [2.45, 2.75) is 27.7 Å². The van der Waals surface area contributed by atoms with Crippen molar-refractivity contribution in [2.24, 2.45) is 91.6 Å². The van der Waals surface area contributed by atoms with Crippen molar-refractivity contribution >= 4 is 24.4 Å². The van der Waals surface area contributed by atoms with Crippen LogP contribution in [0.1, 0.15) is 23.2 Å². The summed E-state index contributed by atoms with van der Waals surface area (Å²) >= 11 is 9.96. The molecule has 0 saturated heterocycles. The Morgan fingerprint density at radius 2 is 0.741 bits per heavy atom. The lowest BCUT2D eigenvalue weighted by molar-refractivity contribution is 0.565. The van der Waals surface area contributed by atoms with Crippen molar-refractivity contribution in [1.82, 2.24) is 85.7 Å². The Morgan fingerprint density at radius 3 is 0.983 bits per heavy atom. The summed E-state index contributed by atoms with van der Waals surface area (Å²) < 4.78 is 19.3. The van der Waals surface area contributed by atoms with Crippen LogP contribution in [0.4, 0.5) is 0 Å². The van der Waals surface area contributed by atoms with Gasteiger partial charge in [0.15, 0.2) is 9.54 Å². The summed E-state index contributed by atoms with van der Waals surface area (Å²) in [5, 5.41) is 19.3. The first-order chi connectivity index (χ1) is 26.6. The first-order valence-electron chi connectivity index (χ1n) is 16.8. The summed E-state index contributed by atoms with van der Waals surface area (Å²) in [6.07, 6.45) is 1.10. The Bertz CT molecular complexity index is 2720. The average molecular weight is 853 g/mol. The maximum absolute atomic E-state index is 11.0. The number of aryl methyl sites for hydroxylation is 9. The Balaban J connectivity index is 0.000000349. The number of aromatic nitrogens is 18. The highest BCUT2D eigenvalue weighted by Gasteiger charge is 2.04. The van der Waals surface area contributed by atoms with Crippen LogP contribution in [0.2, 0.25) is 0 Å². The van der Waals surface area contributed by atoms with Crippen molar-refractivity contribution in [2.75, 3.05) is 0 Å². The van der Waals surface area contributed by atoms with Crippen molar-refractivity contribution in [3.8, 4) is 0 Å². The Morgan fingerprint density at radius 1 is 0.397 bits per heavy atom. The van der Waals surface area contributed by atoms with Gasteiger partial charge in [0.1, 0.15) is 29.4 Å². The zero-order valence-corrected chi connectivity index (χ0v) is 37.4. The quantitative estimate of drug-likeness (QED) is 0.136. The van der Waals surface area contributed by atoms with Crippen LogP contribution in [0.5, 0.6) is 0 Å². The van der Waals surface area contributed by atoms with E-state index in [1.165, 1.54) is 53.9 Å². The third-order valence-electron chi connectivity index (χ3n) is 8.32. The lowest BCUT2D eigenvalue weighted by Crippen LogP contribution is -2.39. The summed E-state index contributed by atoms with van der Waals surface area (Å²) in [5.74, 6) is 2.63. The van der Waals surface area contributed by atoms with Crippen LogP contribution >= 0.6 is 24.4 Å². The summed E-state index contributed by atoms with van der Waals surface area (Å²) in [7, 11) is 21.2. The molecule has 0 aromatic carbocycles. The molecule has 0 aliphatic carbocycles. The van der Waals surface area contributed by atoms with E-state index in [4.69, 9.17) is 24.4 Å². The average Bonchev–Trinajstić information content (AvgIpc) is 3.71. The Labute approximate surface area is 340 Å². The number of hydrogen-bond acceptors (Lipinski definition) is 14. The monoisotopic (exact) mass is 852 g/mol. The van der Waals surface area contributed by atoms with Gasteiger partial charge < -0.3 is 9.13 Å². The molecule has 58 heavy (non-hydrogen) atoms. The van der Waals surface area contributed by atoms with Crippen LogP contribution < -0.4 is 39.6 Å². The normalized spacial score (nSPS) is 10.1. The van der Waals surface area contributed by atoms with Crippen LogP contribution in [0.3, 0.4) is 0 Å². The molecule has 0 fully saturated rings. The van der Waals surface area contributed by atoms with E-state index < -0.39 is 11.4 Å². The molecule has 0 saturated carbocycles. The fourth-order valence-electron chi connectivity index (χ4n) is 4.26. The van der Waals surface area contributed by atoms with Crippen molar-refractivity contribution in [1.29, 1.82) is 0 Å². The van der Waals surface area contributed by atoms with E-state index in [-0.39, 0.29) is 28.2 Å². The van der Waals surface area contributed by atoms with E-state index in [9.17, 15) is 33.6 Å². The van der Waals surface area contributed by atoms with Crippen LogP contribution in [0, 0.1) is 37.2 Å². The van der Waals surface area contributed by atoms with Gasteiger partial charge in [-0.15, -0.1) is 0 Å². The molecule has 0 spiro atoms. The van der Waals surface area contributed by atoms with Crippen LogP contribution in [-0.4, -0.2) is 85.7 Å². The van der Waals surface area contributed by atoms with E-state index in [2.05, 4.69) is 25.5 Å². The van der Waals surface area contributed by atoms with Crippen LogP contribution in [0.25, 0.3) is 0 Å². The van der Waals surface area contributed by atoms with Crippen molar-refractivity contribution < 1.29 is 0 Å². The molecule has 0 atom stereocenters. The highest BCUT2D eigenvalue weighted by Crippen LogP contribution is 1.93. The lowest BCUT2D eigenvalue weighted by atomic mass is 10.5. The molecule has 25 nitrogen and oxygen atoms in total. The molecule has 0 radical (unpaired) electrons. The molecule has 0 aliphatic heterocycles. The second kappa shape index (κ2) is 20.7. The second-order valence-corrected chi connectivity index (χ2v) is 13.2. The zero-order chi connectivity index (χ0) is 45.3. The third kappa shape index (κ3) is 12.1. The Hall–Kier alpha value is -6.38. The van der Waals surface area contributed by atoms with E-state index in [0.717, 1.165) is 56.3 Å². The van der Waals surface area contributed by atoms with Gasteiger partial charge in [0.25, 0.3) is 11.1 Å². The van der Waals surface area contributed by atoms with Gasteiger partial charge in [0.05, 0.1) is 0 Å². The molecule has 6 aromatic rings. The molecule has 0 bridgehead atoms. The van der Waals surface area contributed by atoms with Gasteiger partial charge in [-0.1, -0.05) is 0 Å². The molecule has 0 amide bonds. The summed E-state index contributed by atoms with van der Waals surface area (Å²) in [6, 6.07) is 0. The lowest BCUT2D eigenvalue weighted by Gasteiger charge is -2.00. The highest BCUT2D eigenvalue weighted by molar-refractivity contribution is 7.71. The predicted octanol–water partition coefficient (Wildman–Crippen LogP) is -3.29. The van der Waals surface area contributed by atoms with E-state index in [0.29, 0.717) is 5.69 Å². The molecule has 6 aromatic heterocycles. The van der Waals surface area contributed by atoms with Gasteiger partial charge in [0.2, 0.25) is 0 Å². The Kier molecular flexibility index (Phi) is 17.7. The van der Waals surface area contributed by atoms with E-state index in [1.807, 2.05) is 51.2 Å². The molecular formula is C31H52N18O7S2. The van der Waals surface area contributed by atoms with Gasteiger partial charge in [-0.25, -0.2) is 61.3 Å². The smallest absolute Gasteiger partial charge is 0.307 e. The molecule has 0 aliphatic rings. The fraction of sp³-hybridized carbons (Fsp3) is 0.548. The molecule has 320 valence electrons. The molecule has 0 N–H and O–H groups in total.